The van der Waals surface area contributed by atoms with Gasteiger partial charge in [0.25, 0.3) is 11.5 Å². The highest BCUT2D eigenvalue weighted by atomic mass is 19.3. The zero-order chi connectivity index (χ0) is 18.4. The molecule has 1 fully saturated rings. The van der Waals surface area contributed by atoms with E-state index in [0.29, 0.717) is 24.1 Å². The molecular formula is C16H20F2N6O. The first-order valence-corrected chi connectivity index (χ1v) is 7.99. The predicted molar refractivity (Wildman–Crippen MR) is 90.8 cm³/mol. The van der Waals surface area contributed by atoms with Gasteiger partial charge in [-0.3, -0.25) is 14.9 Å². The molecule has 2 aromatic rings. The fraction of sp³-hybridized carbons (Fsp3) is 0.438. The molecule has 0 bridgehead atoms. The van der Waals surface area contributed by atoms with Crippen molar-refractivity contribution in [2.75, 3.05) is 5.73 Å². The second kappa shape index (κ2) is 5.98. The summed E-state index contributed by atoms with van der Waals surface area (Å²) < 4.78 is 31.3. The van der Waals surface area contributed by atoms with Crippen molar-refractivity contribution in [2.45, 2.75) is 37.6 Å². The Morgan fingerprint density at radius 2 is 2.16 bits per heavy atom. The van der Waals surface area contributed by atoms with Crippen molar-refractivity contribution in [3.05, 3.63) is 34.4 Å². The number of nitrogens with one attached hydrogen (secondary N) is 1. The topological polar surface area (TPSA) is 116 Å². The smallest absolute Gasteiger partial charge is 0.268 e. The maximum absolute atomic E-state index is 14.4. The average molecular weight is 350 g/mol. The van der Waals surface area contributed by atoms with Gasteiger partial charge in [-0.1, -0.05) is 6.42 Å². The van der Waals surface area contributed by atoms with Crippen LogP contribution in [0.1, 0.15) is 37.3 Å². The molecule has 0 aliphatic heterocycles. The van der Waals surface area contributed by atoms with Gasteiger partial charge in [-0.25, -0.2) is 8.78 Å². The number of nitrogens with two attached hydrogens (primary N) is 2. The van der Waals surface area contributed by atoms with Gasteiger partial charge in [0.15, 0.2) is 0 Å². The van der Waals surface area contributed by atoms with Gasteiger partial charge in [0, 0.05) is 31.4 Å². The van der Waals surface area contributed by atoms with Crippen LogP contribution < -0.4 is 17.0 Å². The molecule has 3 rings (SSSR count). The number of anilines is 1. The summed E-state index contributed by atoms with van der Waals surface area (Å²) in [6, 6.07) is 0.374. The van der Waals surface area contributed by atoms with Crippen molar-refractivity contribution in [1.82, 2.24) is 14.3 Å². The van der Waals surface area contributed by atoms with Crippen LogP contribution in [0.25, 0.3) is 11.3 Å². The van der Waals surface area contributed by atoms with Gasteiger partial charge in [-0.15, -0.1) is 0 Å². The molecule has 1 atom stereocenters. The molecule has 2 aromatic heterocycles. The fourth-order valence-corrected chi connectivity index (χ4v) is 3.32. The largest absolute Gasteiger partial charge is 0.397 e. The van der Waals surface area contributed by atoms with E-state index in [1.165, 1.54) is 10.9 Å². The highest BCUT2D eigenvalue weighted by Gasteiger charge is 2.43. The van der Waals surface area contributed by atoms with Crippen molar-refractivity contribution in [1.29, 1.82) is 5.41 Å². The number of amidine groups is 1. The number of rotatable bonds is 3. The van der Waals surface area contributed by atoms with E-state index in [0.717, 1.165) is 4.57 Å². The third-order valence-electron chi connectivity index (χ3n) is 4.60. The number of hydrogen-bond acceptors (Lipinski definition) is 4. The van der Waals surface area contributed by atoms with Crippen molar-refractivity contribution in [2.24, 2.45) is 12.8 Å². The predicted octanol–water partition coefficient (Wildman–Crippen LogP) is 1.87. The molecule has 9 heteroatoms. The monoisotopic (exact) mass is 350 g/mol. The molecule has 1 unspecified atom stereocenters. The van der Waals surface area contributed by atoms with Crippen LogP contribution >= 0.6 is 0 Å². The molecule has 0 radical (unpaired) electrons. The summed E-state index contributed by atoms with van der Waals surface area (Å²) in [6.07, 6.45) is 3.91. The number of aromatic nitrogens is 3. The van der Waals surface area contributed by atoms with Crippen molar-refractivity contribution < 1.29 is 8.78 Å². The van der Waals surface area contributed by atoms with Crippen LogP contribution in [0.15, 0.2) is 23.3 Å². The Balaban J connectivity index is 2.27. The van der Waals surface area contributed by atoms with Crippen molar-refractivity contribution in [3.8, 4) is 11.3 Å². The van der Waals surface area contributed by atoms with Crippen LogP contribution in [0.4, 0.5) is 14.5 Å². The molecule has 1 aliphatic rings. The zero-order valence-electron chi connectivity index (χ0n) is 13.8. The quantitative estimate of drug-likeness (QED) is 0.579. The summed E-state index contributed by atoms with van der Waals surface area (Å²) in [7, 11) is 1.71. The van der Waals surface area contributed by atoms with Crippen LogP contribution in [-0.4, -0.2) is 26.1 Å². The van der Waals surface area contributed by atoms with Gasteiger partial charge in [0.05, 0.1) is 11.4 Å². The minimum absolute atomic E-state index is 0.0217. The fourth-order valence-electron chi connectivity index (χ4n) is 3.32. The first-order chi connectivity index (χ1) is 11.7. The Morgan fingerprint density at radius 1 is 1.44 bits per heavy atom. The third kappa shape index (κ3) is 2.90. The number of aryl methyl sites for hydroxylation is 1. The third-order valence-corrected chi connectivity index (χ3v) is 4.60. The zero-order valence-corrected chi connectivity index (χ0v) is 13.8. The summed E-state index contributed by atoms with van der Waals surface area (Å²) in [5, 5.41) is 11.9. The van der Waals surface area contributed by atoms with E-state index < -0.39 is 23.4 Å². The van der Waals surface area contributed by atoms with Gasteiger partial charge in [-0.2, -0.15) is 5.10 Å². The number of pyridine rings is 1. The molecule has 134 valence electrons. The lowest BCUT2D eigenvalue weighted by atomic mass is 9.90. The summed E-state index contributed by atoms with van der Waals surface area (Å²) in [5.74, 6) is -3.55. The van der Waals surface area contributed by atoms with Gasteiger partial charge < -0.3 is 16.0 Å². The van der Waals surface area contributed by atoms with E-state index in [9.17, 15) is 13.6 Å². The Bertz CT molecular complexity index is 885. The second-order valence-electron chi connectivity index (χ2n) is 6.35. The molecule has 0 saturated heterocycles. The number of nitrogen functional groups attached to an aromatic ring is 2. The standard InChI is InChI=1S/C16H20F2N6O/c1-23-7-5-10(22-23)9-8-24(11-4-2-3-6-16(11,17)18)15(25)12(13(9)19)14(20)21/h5,7-8,11H,2-4,6,19H2,1H3,(H3,20,21). The van der Waals surface area contributed by atoms with Crippen molar-refractivity contribution >= 4 is 11.5 Å². The van der Waals surface area contributed by atoms with E-state index in [1.54, 1.807) is 19.3 Å². The van der Waals surface area contributed by atoms with E-state index in [-0.39, 0.29) is 24.1 Å². The van der Waals surface area contributed by atoms with Gasteiger partial charge in [0.1, 0.15) is 17.4 Å². The SMILES string of the molecule is Cn1ccc(-c2cn(C3CCCCC3(F)F)c(=O)c(C(=N)N)c2N)n1. The molecule has 0 amide bonds. The summed E-state index contributed by atoms with van der Waals surface area (Å²) >= 11 is 0. The van der Waals surface area contributed by atoms with Gasteiger partial charge in [0.2, 0.25) is 0 Å². The molecule has 1 saturated carbocycles. The molecule has 2 heterocycles. The maximum Gasteiger partial charge on any atom is 0.268 e. The minimum Gasteiger partial charge on any atom is -0.397 e. The van der Waals surface area contributed by atoms with E-state index in [2.05, 4.69) is 5.10 Å². The average Bonchev–Trinajstić information content (AvgIpc) is 2.94. The lowest BCUT2D eigenvalue weighted by molar-refractivity contribution is -0.0791. The normalized spacial score (nSPS) is 19.7. The molecule has 5 N–H and O–H groups in total. The molecule has 7 nitrogen and oxygen atoms in total. The number of nitrogens with zero attached hydrogens (tertiary/aromatic N) is 3. The first kappa shape index (κ1) is 17.1. The van der Waals surface area contributed by atoms with Crippen LogP contribution in [-0.2, 0) is 7.05 Å². The lowest BCUT2D eigenvalue weighted by Crippen LogP contribution is -2.41. The minimum atomic E-state index is -3.01. The Kier molecular flexibility index (Phi) is 4.09. The first-order valence-electron chi connectivity index (χ1n) is 7.99. The van der Waals surface area contributed by atoms with Gasteiger partial charge >= 0.3 is 0 Å². The summed E-state index contributed by atoms with van der Waals surface area (Å²) in [5.41, 5.74) is 11.2. The number of hydrogen-bond donors (Lipinski definition) is 3. The van der Waals surface area contributed by atoms with Gasteiger partial charge in [-0.05, 0) is 18.9 Å². The number of halogens is 2. The summed E-state index contributed by atoms with van der Waals surface area (Å²) in [6.45, 7) is 0. The molecular weight excluding hydrogens is 330 g/mol. The van der Waals surface area contributed by atoms with Crippen LogP contribution in [0.2, 0.25) is 0 Å². The molecule has 1 aliphatic carbocycles. The Labute approximate surface area is 142 Å². The highest BCUT2D eigenvalue weighted by molar-refractivity contribution is 6.02. The van der Waals surface area contributed by atoms with E-state index in [1.807, 2.05) is 0 Å². The van der Waals surface area contributed by atoms with Crippen LogP contribution in [0, 0.1) is 5.41 Å². The lowest BCUT2D eigenvalue weighted by Gasteiger charge is -2.33. The Morgan fingerprint density at radius 3 is 2.72 bits per heavy atom. The molecule has 0 aromatic carbocycles. The maximum atomic E-state index is 14.4. The van der Waals surface area contributed by atoms with Crippen LogP contribution in [0.5, 0.6) is 0 Å². The van der Waals surface area contributed by atoms with Crippen molar-refractivity contribution in [3.63, 3.8) is 0 Å². The molecule has 0 spiro atoms. The van der Waals surface area contributed by atoms with Crippen LogP contribution in [0.3, 0.4) is 0 Å². The Hall–Kier alpha value is -2.71. The summed E-state index contributed by atoms with van der Waals surface area (Å²) in [4.78, 5) is 12.7. The second-order valence-corrected chi connectivity index (χ2v) is 6.35. The highest BCUT2D eigenvalue weighted by Crippen LogP contribution is 2.41. The number of alkyl halides is 2. The molecule has 25 heavy (non-hydrogen) atoms. The van der Waals surface area contributed by atoms with E-state index >= 15 is 0 Å². The van der Waals surface area contributed by atoms with E-state index in [4.69, 9.17) is 16.9 Å².